The number of carbonyl (C=O) groups is 2. The largest absolute Gasteiger partial charge is 0.332 e. The molecule has 2 aromatic rings. The monoisotopic (exact) mass is 465 g/mol. The maximum Gasteiger partial charge on any atom is 0.257 e. The van der Waals surface area contributed by atoms with Gasteiger partial charge < -0.3 is 4.90 Å². The van der Waals surface area contributed by atoms with Crippen molar-refractivity contribution in [2.75, 3.05) is 11.4 Å². The van der Waals surface area contributed by atoms with Crippen LogP contribution in [0.15, 0.2) is 24.7 Å². The minimum absolute atomic E-state index is 0.0639. The van der Waals surface area contributed by atoms with E-state index >= 15 is 0 Å². The first-order valence-corrected chi connectivity index (χ1v) is 12.4. The number of anilines is 1. The molecule has 5 aliphatic rings. The van der Waals surface area contributed by atoms with Gasteiger partial charge in [-0.05, 0) is 74.3 Å². The Morgan fingerprint density at radius 1 is 1.06 bits per heavy atom. The van der Waals surface area contributed by atoms with E-state index in [-0.39, 0.29) is 23.0 Å². The van der Waals surface area contributed by atoms with Crippen LogP contribution in [-0.4, -0.2) is 44.3 Å². The second kappa shape index (κ2) is 8.05. The summed E-state index contributed by atoms with van der Waals surface area (Å²) in [5, 5.41) is 0.210. The van der Waals surface area contributed by atoms with Gasteiger partial charge >= 0.3 is 0 Å². The van der Waals surface area contributed by atoms with Gasteiger partial charge in [-0.2, -0.15) is 0 Å². The van der Waals surface area contributed by atoms with Gasteiger partial charge in [-0.25, -0.2) is 15.0 Å². The quantitative estimate of drug-likeness (QED) is 0.642. The topological polar surface area (TPSA) is 79.3 Å². The molecule has 2 aromatic heterocycles. The SMILES string of the molecule is CC(=O)N(c1ncnc2c1CCN(C(=O)c1cccnc1Cl)C2)C1C2CC3CC(C2)CC1C3. The van der Waals surface area contributed by atoms with Crippen LogP contribution in [0.4, 0.5) is 5.82 Å². The van der Waals surface area contributed by atoms with E-state index in [9.17, 15) is 9.59 Å². The average molecular weight is 466 g/mol. The molecule has 0 unspecified atom stereocenters. The molecule has 4 aliphatic carbocycles. The first kappa shape index (κ1) is 21.0. The second-order valence-electron chi connectivity index (χ2n) is 10.3. The zero-order valence-corrected chi connectivity index (χ0v) is 19.5. The Hall–Kier alpha value is -2.54. The molecule has 0 spiro atoms. The average Bonchev–Trinajstić information content (AvgIpc) is 2.80. The molecule has 172 valence electrons. The Kier molecular flexibility index (Phi) is 5.13. The molecule has 0 aromatic carbocycles. The van der Waals surface area contributed by atoms with Crippen LogP contribution in [0.1, 0.15) is 60.6 Å². The molecule has 0 radical (unpaired) electrons. The number of amides is 2. The highest BCUT2D eigenvalue weighted by atomic mass is 35.5. The molecule has 0 N–H and O–H groups in total. The lowest BCUT2D eigenvalue weighted by atomic mass is 9.54. The molecule has 0 saturated heterocycles. The Balaban J connectivity index is 1.31. The molecular weight excluding hydrogens is 438 g/mol. The molecular formula is C25H28ClN5O2. The third kappa shape index (κ3) is 3.52. The molecule has 7 nitrogen and oxygen atoms in total. The summed E-state index contributed by atoms with van der Waals surface area (Å²) in [4.78, 5) is 43.0. The van der Waals surface area contributed by atoms with Crippen molar-refractivity contribution in [3.8, 4) is 0 Å². The predicted molar refractivity (Wildman–Crippen MR) is 124 cm³/mol. The van der Waals surface area contributed by atoms with Crippen molar-refractivity contribution < 1.29 is 9.59 Å². The van der Waals surface area contributed by atoms with Gasteiger partial charge in [0.2, 0.25) is 5.91 Å². The number of hydrogen-bond donors (Lipinski definition) is 0. The Morgan fingerprint density at radius 2 is 1.79 bits per heavy atom. The maximum atomic E-state index is 13.1. The summed E-state index contributed by atoms with van der Waals surface area (Å²) >= 11 is 6.16. The van der Waals surface area contributed by atoms with Crippen molar-refractivity contribution in [2.45, 2.75) is 58.0 Å². The first-order valence-electron chi connectivity index (χ1n) is 12.0. The molecule has 0 atom stereocenters. The Bertz CT molecular complexity index is 1090. The van der Waals surface area contributed by atoms with E-state index in [0.29, 0.717) is 36.9 Å². The highest BCUT2D eigenvalue weighted by Gasteiger charge is 2.51. The minimum Gasteiger partial charge on any atom is -0.332 e. The number of carbonyl (C=O) groups excluding carboxylic acids is 2. The highest BCUT2D eigenvalue weighted by molar-refractivity contribution is 6.32. The number of fused-ring (bicyclic) bond motifs is 1. The lowest BCUT2D eigenvalue weighted by molar-refractivity contribution is -0.119. The van der Waals surface area contributed by atoms with Crippen molar-refractivity contribution in [3.63, 3.8) is 0 Å². The van der Waals surface area contributed by atoms with Gasteiger partial charge in [0.15, 0.2) is 0 Å². The Morgan fingerprint density at radius 3 is 2.45 bits per heavy atom. The van der Waals surface area contributed by atoms with Gasteiger partial charge in [-0.1, -0.05) is 11.6 Å². The zero-order chi connectivity index (χ0) is 22.7. The summed E-state index contributed by atoms with van der Waals surface area (Å²) in [6.45, 7) is 2.58. The van der Waals surface area contributed by atoms with Crippen LogP contribution >= 0.6 is 11.6 Å². The van der Waals surface area contributed by atoms with Crippen molar-refractivity contribution in [1.82, 2.24) is 19.9 Å². The summed E-state index contributed by atoms with van der Waals surface area (Å²) in [5.74, 6) is 3.51. The zero-order valence-electron chi connectivity index (χ0n) is 18.8. The maximum absolute atomic E-state index is 13.1. The smallest absolute Gasteiger partial charge is 0.257 e. The van der Waals surface area contributed by atoms with Crippen LogP contribution in [0.25, 0.3) is 0 Å². The fourth-order valence-electron chi connectivity index (χ4n) is 7.25. The van der Waals surface area contributed by atoms with Crippen LogP contribution in [0, 0.1) is 23.7 Å². The van der Waals surface area contributed by atoms with Crippen LogP contribution in [0.3, 0.4) is 0 Å². The van der Waals surface area contributed by atoms with Crippen LogP contribution in [0.5, 0.6) is 0 Å². The number of aromatic nitrogens is 3. The number of halogens is 1. The molecule has 1 aliphatic heterocycles. The summed E-state index contributed by atoms with van der Waals surface area (Å²) in [6.07, 6.45) is 10.1. The fourth-order valence-corrected chi connectivity index (χ4v) is 7.45. The molecule has 7 rings (SSSR count). The van der Waals surface area contributed by atoms with Gasteiger partial charge in [-0.3, -0.25) is 14.5 Å². The van der Waals surface area contributed by atoms with Gasteiger partial charge in [0, 0.05) is 31.3 Å². The minimum atomic E-state index is -0.150. The van der Waals surface area contributed by atoms with Crippen LogP contribution in [-0.2, 0) is 17.8 Å². The number of pyridine rings is 1. The van der Waals surface area contributed by atoms with E-state index in [1.54, 1.807) is 36.5 Å². The Labute approximate surface area is 198 Å². The van der Waals surface area contributed by atoms with Gasteiger partial charge in [-0.15, -0.1) is 0 Å². The lowest BCUT2D eigenvalue weighted by Crippen LogP contribution is -2.58. The molecule has 2 amide bonds. The van der Waals surface area contributed by atoms with Crippen molar-refractivity contribution in [1.29, 1.82) is 0 Å². The third-order valence-electron chi connectivity index (χ3n) is 8.30. The van der Waals surface area contributed by atoms with E-state index in [1.165, 1.54) is 32.1 Å². The number of hydrogen-bond acceptors (Lipinski definition) is 5. The predicted octanol–water partition coefficient (Wildman–Crippen LogP) is 3.90. The normalized spacial score (nSPS) is 29.6. The number of nitrogens with zero attached hydrogens (tertiary/aromatic N) is 5. The van der Waals surface area contributed by atoms with E-state index in [0.717, 1.165) is 28.9 Å². The highest BCUT2D eigenvalue weighted by Crippen LogP contribution is 2.55. The summed E-state index contributed by atoms with van der Waals surface area (Å²) in [7, 11) is 0. The van der Waals surface area contributed by atoms with E-state index in [2.05, 4.69) is 15.0 Å². The van der Waals surface area contributed by atoms with E-state index in [1.807, 2.05) is 4.90 Å². The molecule has 4 fully saturated rings. The molecule has 3 heterocycles. The van der Waals surface area contributed by atoms with Gasteiger partial charge in [0.05, 0.1) is 17.8 Å². The van der Waals surface area contributed by atoms with Crippen molar-refractivity contribution in [3.05, 3.63) is 46.6 Å². The van der Waals surface area contributed by atoms with E-state index < -0.39 is 0 Å². The summed E-state index contributed by atoms with van der Waals surface area (Å²) in [5.41, 5.74) is 2.22. The van der Waals surface area contributed by atoms with Crippen molar-refractivity contribution >= 4 is 29.2 Å². The third-order valence-corrected chi connectivity index (χ3v) is 8.60. The molecule has 8 heteroatoms. The van der Waals surface area contributed by atoms with Gasteiger partial charge in [0.25, 0.3) is 5.91 Å². The number of rotatable bonds is 3. The molecule has 4 bridgehead atoms. The summed E-state index contributed by atoms with van der Waals surface area (Å²) in [6, 6.07) is 3.65. The molecule has 4 saturated carbocycles. The van der Waals surface area contributed by atoms with Crippen LogP contribution < -0.4 is 4.90 Å². The van der Waals surface area contributed by atoms with Crippen molar-refractivity contribution in [2.24, 2.45) is 23.7 Å². The van der Waals surface area contributed by atoms with Crippen LogP contribution in [0.2, 0.25) is 5.15 Å². The lowest BCUT2D eigenvalue weighted by Gasteiger charge is -2.57. The second-order valence-corrected chi connectivity index (χ2v) is 10.6. The summed E-state index contributed by atoms with van der Waals surface area (Å²) < 4.78 is 0. The standard InChI is InChI=1S/C25H28ClN5O2/c1-14(32)31(22-17-8-15-7-16(10-17)11-18(22)9-15)24-19-4-6-30(12-21(19)28-13-29-24)25(33)20-3-2-5-27-23(20)26/h2-3,5,13,15-18,22H,4,6-12H2,1H3. The van der Waals surface area contributed by atoms with E-state index in [4.69, 9.17) is 11.6 Å². The first-order chi connectivity index (χ1) is 16.0. The fraction of sp³-hybridized carbons (Fsp3) is 0.560. The molecule has 33 heavy (non-hydrogen) atoms. The van der Waals surface area contributed by atoms with Gasteiger partial charge in [0.1, 0.15) is 17.3 Å².